The van der Waals surface area contributed by atoms with Crippen LogP contribution in [0, 0.1) is 15.3 Å². The maximum atomic E-state index is 14.2. The Bertz CT molecular complexity index is 865. The number of fused-ring (bicyclic) bond motifs is 1. The smallest absolute Gasteiger partial charge is 0.343 e. The number of rotatable bonds is 7. The number of carbonyl (C=O) groups excluding carboxylic acids is 1. The summed E-state index contributed by atoms with van der Waals surface area (Å²) in [5.74, 6) is -1.09. The van der Waals surface area contributed by atoms with E-state index in [1.54, 1.807) is 11.5 Å². The maximum Gasteiger partial charge on any atom is 0.343 e. The molecule has 0 amide bonds. The molecule has 0 aliphatic carbocycles. The van der Waals surface area contributed by atoms with E-state index >= 15 is 0 Å². The minimum atomic E-state index is -0.715. The first kappa shape index (κ1) is 20.8. The van der Waals surface area contributed by atoms with E-state index in [-0.39, 0.29) is 36.1 Å². The molecule has 7 heteroatoms. The zero-order valence-electron chi connectivity index (χ0n) is 15.1. The third-order valence-corrected chi connectivity index (χ3v) is 5.34. The van der Waals surface area contributed by atoms with E-state index in [1.165, 1.54) is 18.3 Å². The fourth-order valence-electron chi connectivity index (χ4n) is 3.16. The van der Waals surface area contributed by atoms with Crippen LogP contribution in [0.3, 0.4) is 0 Å². The van der Waals surface area contributed by atoms with Gasteiger partial charge in [0.2, 0.25) is 5.43 Å². The van der Waals surface area contributed by atoms with E-state index < -0.39 is 17.2 Å². The number of nitrogens with zero attached hydrogens (tertiary/aromatic N) is 1. The Morgan fingerprint density at radius 3 is 2.65 bits per heavy atom. The Balaban J connectivity index is 2.81. The van der Waals surface area contributed by atoms with Crippen molar-refractivity contribution in [3.05, 3.63) is 43.5 Å². The number of aromatic nitrogens is 1. The van der Waals surface area contributed by atoms with Crippen LogP contribution in [0.25, 0.3) is 10.9 Å². The molecule has 1 aromatic carbocycles. The molecule has 0 saturated heterocycles. The molecule has 1 N–H and O–H groups in total. The number of aliphatic hydroxyl groups is 1. The first-order valence-corrected chi connectivity index (χ1v) is 9.75. The van der Waals surface area contributed by atoms with Crippen molar-refractivity contribution >= 4 is 39.5 Å². The van der Waals surface area contributed by atoms with Crippen LogP contribution in [0.15, 0.2) is 23.1 Å². The summed E-state index contributed by atoms with van der Waals surface area (Å²) in [5.41, 5.74) is -0.237. The first-order chi connectivity index (χ1) is 12.3. The average Bonchev–Trinajstić information content (AvgIpc) is 2.59. The van der Waals surface area contributed by atoms with Crippen molar-refractivity contribution in [3.63, 3.8) is 0 Å². The van der Waals surface area contributed by atoms with Gasteiger partial charge in [-0.2, -0.15) is 0 Å². The van der Waals surface area contributed by atoms with Gasteiger partial charge in [-0.3, -0.25) is 4.79 Å². The van der Waals surface area contributed by atoms with Gasteiger partial charge in [-0.05, 0) is 54.0 Å². The first-order valence-electron chi connectivity index (χ1n) is 8.67. The molecule has 26 heavy (non-hydrogen) atoms. The van der Waals surface area contributed by atoms with Gasteiger partial charge in [0.15, 0.2) is 0 Å². The number of esters is 1. The Labute approximate surface area is 165 Å². The van der Waals surface area contributed by atoms with E-state index in [0.29, 0.717) is 9.09 Å². The summed E-state index contributed by atoms with van der Waals surface area (Å²) in [6, 6.07) is 2.34. The standard InChI is InChI=1S/C19H23FINO4/c1-4-6-11(3)17(10-23)22-9-13(19(25)26-5-2)18(24)12-7-15(21)14(20)8-16(12)22/h7-9,11,17,23H,4-6,10H2,1-3H3/t11?,17-/m1/s1. The van der Waals surface area contributed by atoms with Gasteiger partial charge in [0, 0.05) is 15.2 Å². The van der Waals surface area contributed by atoms with Crippen LogP contribution >= 0.6 is 22.6 Å². The number of hydrogen-bond donors (Lipinski definition) is 1. The van der Waals surface area contributed by atoms with Gasteiger partial charge in [-0.15, -0.1) is 0 Å². The molecule has 1 heterocycles. The topological polar surface area (TPSA) is 68.5 Å². The normalized spacial score (nSPS) is 13.6. The molecule has 0 radical (unpaired) electrons. The van der Waals surface area contributed by atoms with Crippen molar-refractivity contribution in [3.8, 4) is 0 Å². The summed E-state index contributed by atoms with van der Waals surface area (Å²) in [4.78, 5) is 25.0. The average molecular weight is 475 g/mol. The molecule has 2 rings (SSSR count). The van der Waals surface area contributed by atoms with E-state index in [1.807, 2.05) is 36.4 Å². The largest absolute Gasteiger partial charge is 0.462 e. The zero-order valence-corrected chi connectivity index (χ0v) is 17.2. The molecule has 0 aliphatic rings. The van der Waals surface area contributed by atoms with Gasteiger partial charge in [-0.25, -0.2) is 9.18 Å². The van der Waals surface area contributed by atoms with E-state index in [9.17, 15) is 19.1 Å². The van der Waals surface area contributed by atoms with Crippen molar-refractivity contribution < 1.29 is 19.0 Å². The molecule has 5 nitrogen and oxygen atoms in total. The Kier molecular flexibility index (Phi) is 7.16. The van der Waals surface area contributed by atoms with E-state index in [0.717, 1.165) is 12.8 Å². The van der Waals surface area contributed by atoms with Crippen molar-refractivity contribution in [2.75, 3.05) is 13.2 Å². The summed E-state index contributed by atoms with van der Waals surface area (Å²) in [5, 5.41) is 10.2. The van der Waals surface area contributed by atoms with Crippen LogP contribution in [-0.4, -0.2) is 28.9 Å². The van der Waals surface area contributed by atoms with Crippen molar-refractivity contribution in [2.45, 2.75) is 39.7 Å². The lowest BCUT2D eigenvalue weighted by Crippen LogP contribution is -2.27. The summed E-state index contributed by atoms with van der Waals surface area (Å²) in [6.45, 7) is 5.65. The molecule has 2 aromatic rings. The van der Waals surface area contributed by atoms with Gasteiger partial charge < -0.3 is 14.4 Å². The molecule has 0 saturated carbocycles. The maximum absolute atomic E-state index is 14.2. The highest BCUT2D eigenvalue weighted by molar-refractivity contribution is 14.1. The van der Waals surface area contributed by atoms with Crippen LogP contribution < -0.4 is 5.43 Å². The van der Waals surface area contributed by atoms with Crippen LogP contribution in [0.4, 0.5) is 4.39 Å². The summed E-state index contributed by atoms with van der Waals surface area (Å²) in [7, 11) is 0. The van der Waals surface area contributed by atoms with Gasteiger partial charge >= 0.3 is 5.97 Å². The van der Waals surface area contributed by atoms with Gasteiger partial charge in [0.1, 0.15) is 11.4 Å². The highest BCUT2D eigenvalue weighted by Gasteiger charge is 2.24. The van der Waals surface area contributed by atoms with Crippen molar-refractivity contribution in [2.24, 2.45) is 5.92 Å². The minimum Gasteiger partial charge on any atom is -0.462 e. The minimum absolute atomic E-state index is 0.0769. The predicted molar refractivity (Wildman–Crippen MR) is 107 cm³/mol. The highest BCUT2D eigenvalue weighted by Crippen LogP contribution is 2.28. The number of pyridine rings is 1. The second-order valence-electron chi connectivity index (χ2n) is 6.30. The fourth-order valence-corrected chi connectivity index (χ4v) is 3.63. The summed E-state index contributed by atoms with van der Waals surface area (Å²) in [6.07, 6.45) is 3.16. The fraction of sp³-hybridized carbons (Fsp3) is 0.474. The molecular formula is C19H23FINO4. The summed E-state index contributed by atoms with van der Waals surface area (Å²) >= 11 is 1.81. The highest BCUT2D eigenvalue weighted by atomic mass is 127. The summed E-state index contributed by atoms with van der Waals surface area (Å²) < 4.78 is 21.1. The number of aliphatic hydroxyl groups excluding tert-OH is 1. The van der Waals surface area contributed by atoms with Crippen LogP contribution in [-0.2, 0) is 4.74 Å². The molecule has 2 atom stereocenters. The number of halogens is 2. The predicted octanol–water partition coefficient (Wildman–Crippen LogP) is 3.89. The lowest BCUT2D eigenvalue weighted by atomic mass is 9.96. The second-order valence-corrected chi connectivity index (χ2v) is 7.46. The molecule has 1 aromatic heterocycles. The van der Waals surface area contributed by atoms with Gasteiger partial charge in [0.05, 0.1) is 24.8 Å². The number of hydrogen-bond acceptors (Lipinski definition) is 4. The molecule has 0 aliphatic heterocycles. The van der Waals surface area contributed by atoms with Gasteiger partial charge in [0.25, 0.3) is 0 Å². The Morgan fingerprint density at radius 1 is 1.38 bits per heavy atom. The quantitative estimate of drug-likeness (QED) is 0.488. The van der Waals surface area contributed by atoms with Crippen LogP contribution in [0.2, 0.25) is 0 Å². The monoisotopic (exact) mass is 475 g/mol. The Morgan fingerprint density at radius 2 is 2.08 bits per heavy atom. The van der Waals surface area contributed by atoms with Crippen molar-refractivity contribution in [1.29, 1.82) is 0 Å². The molecule has 142 valence electrons. The molecule has 1 unspecified atom stereocenters. The third kappa shape index (κ3) is 4.09. The van der Waals surface area contributed by atoms with Gasteiger partial charge in [-0.1, -0.05) is 20.3 Å². The van der Waals surface area contributed by atoms with Crippen LogP contribution in [0.1, 0.15) is 50.0 Å². The number of carbonyl (C=O) groups is 1. The van der Waals surface area contributed by atoms with E-state index in [4.69, 9.17) is 4.74 Å². The zero-order chi connectivity index (χ0) is 19.4. The number of benzene rings is 1. The molecule has 0 spiro atoms. The van der Waals surface area contributed by atoms with Crippen molar-refractivity contribution in [1.82, 2.24) is 4.57 Å². The lowest BCUT2D eigenvalue weighted by Gasteiger charge is -2.27. The second kappa shape index (κ2) is 8.94. The lowest BCUT2D eigenvalue weighted by molar-refractivity contribution is 0.0523. The number of ether oxygens (including phenoxy) is 1. The van der Waals surface area contributed by atoms with Crippen LogP contribution in [0.5, 0.6) is 0 Å². The Hall–Kier alpha value is -1.48. The third-order valence-electron chi connectivity index (χ3n) is 4.51. The molecule has 0 fully saturated rings. The van der Waals surface area contributed by atoms with E-state index in [2.05, 4.69) is 0 Å². The molecule has 0 bridgehead atoms. The molecular weight excluding hydrogens is 452 g/mol. The SMILES string of the molecule is CCCC(C)[C@@H](CO)n1cc(C(=O)OCC)c(=O)c2cc(I)c(F)cc21.